The maximum atomic E-state index is 12.7. The van der Waals surface area contributed by atoms with Gasteiger partial charge in [0.2, 0.25) is 10.0 Å². The largest absolute Gasteiger partial charge is 0.281 e. The predicted molar refractivity (Wildman–Crippen MR) is 103 cm³/mol. The van der Waals surface area contributed by atoms with Gasteiger partial charge in [-0.1, -0.05) is 24.6 Å². The molecule has 0 unspecified atom stereocenters. The summed E-state index contributed by atoms with van der Waals surface area (Å²) in [6.07, 6.45) is 2.90. The van der Waals surface area contributed by atoms with E-state index in [4.69, 9.17) is 0 Å². The summed E-state index contributed by atoms with van der Waals surface area (Å²) < 4.78 is 26.9. The fourth-order valence-corrected chi connectivity index (χ4v) is 4.92. The topological polar surface area (TPSA) is 78.8 Å². The van der Waals surface area contributed by atoms with Crippen LogP contribution in [0.15, 0.2) is 51.8 Å². The van der Waals surface area contributed by atoms with Crippen molar-refractivity contribution >= 4 is 33.0 Å². The van der Waals surface area contributed by atoms with Crippen molar-refractivity contribution in [3.05, 3.63) is 52.2 Å². The number of piperidine rings is 1. The van der Waals surface area contributed by atoms with E-state index >= 15 is 0 Å². The highest BCUT2D eigenvalue weighted by Gasteiger charge is 2.25. The quantitative estimate of drug-likeness (QED) is 0.628. The van der Waals surface area contributed by atoms with E-state index in [2.05, 4.69) is 10.5 Å². The Balaban J connectivity index is 1.70. The molecule has 8 heteroatoms. The highest BCUT2D eigenvalue weighted by molar-refractivity contribution is 7.89. The van der Waals surface area contributed by atoms with Crippen LogP contribution in [0.2, 0.25) is 0 Å². The molecule has 1 saturated heterocycles. The first kappa shape index (κ1) is 18.8. The molecule has 1 aliphatic heterocycles. The molecule has 2 heterocycles. The molecule has 0 bridgehead atoms. The lowest BCUT2D eigenvalue weighted by molar-refractivity contribution is 0.0959. The number of hydrazone groups is 1. The van der Waals surface area contributed by atoms with Crippen LogP contribution in [0.5, 0.6) is 0 Å². The van der Waals surface area contributed by atoms with Gasteiger partial charge in [0.1, 0.15) is 0 Å². The molecule has 0 aliphatic carbocycles. The van der Waals surface area contributed by atoms with E-state index in [1.54, 1.807) is 47.6 Å². The van der Waals surface area contributed by atoms with Gasteiger partial charge < -0.3 is 0 Å². The number of benzene rings is 1. The maximum Gasteiger partial charge on any atom is 0.281 e. The Bertz CT molecular complexity index is 882. The van der Waals surface area contributed by atoms with Gasteiger partial charge in [-0.25, -0.2) is 13.8 Å². The van der Waals surface area contributed by atoms with Gasteiger partial charge in [0.15, 0.2) is 0 Å². The van der Waals surface area contributed by atoms with Crippen LogP contribution in [-0.4, -0.2) is 37.4 Å². The number of sulfonamides is 1. The summed E-state index contributed by atoms with van der Waals surface area (Å²) in [7, 11) is -3.43. The molecule has 26 heavy (non-hydrogen) atoms. The molecule has 2 aromatic rings. The van der Waals surface area contributed by atoms with Gasteiger partial charge in [-0.05, 0) is 48.9 Å². The third-order valence-electron chi connectivity index (χ3n) is 4.30. The van der Waals surface area contributed by atoms with Crippen LogP contribution < -0.4 is 5.43 Å². The van der Waals surface area contributed by atoms with Crippen LogP contribution in [0, 0.1) is 0 Å². The summed E-state index contributed by atoms with van der Waals surface area (Å²) in [5.74, 6) is -0.261. The molecule has 0 radical (unpaired) electrons. The lowest BCUT2D eigenvalue weighted by Gasteiger charge is -2.25. The van der Waals surface area contributed by atoms with Crippen LogP contribution in [0.3, 0.4) is 0 Å². The van der Waals surface area contributed by atoms with Gasteiger partial charge in [0.05, 0.1) is 15.5 Å². The minimum atomic E-state index is -3.43. The molecule has 3 rings (SSSR count). The van der Waals surface area contributed by atoms with Gasteiger partial charge in [0.25, 0.3) is 5.91 Å². The van der Waals surface area contributed by atoms with Gasteiger partial charge in [-0.2, -0.15) is 9.41 Å². The SMILES string of the molecule is C/C(=N/NC(=O)c1cccs1)c1ccc(S(=O)(=O)N2CCCCC2)cc1. The smallest absolute Gasteiger partial charge is 0.266 e. The molecule has 0 saturated carbocycles. The number of thiophene rings is 1. The van der Waals surface area contributed by atoms with E-state index in [0.717, 1.165) is 24.8 Å². The third kappa shape index (κ3) is 4.20. The number of hydrogen-bond donors (Lipinski definition) is 1. The molecule has 1 aromatic heterocycles. The van der Waals surface area contributed by atoms with Crippen molar-refractivity contribution in [2.45, 2.75) is 31.1 Å². The fourth-order valence-electron chi connectivity index (χ4n) is 2.78. The van der Waals surface area contributed by atoms with Crippen molar-refractivity contribution in [3.8, 4) is 0 Å². The van der Waals surface area contributed by atoms with Gasteiger partial charge >= 0.3 is 0 Å². The summed E-state index contributed by atoms with van der Waals surface area (Å²) >= 11 is 1.34. The Hall–Kier alpha value is -2.03. The molecule has 1 amide bonds. The summed E-state index contributed by atoms with van der Waals surface area (Å²) in [5.41, 5.74) is 3.88. The van der Waals surface area contributed by atoms with Crippen LogP contribution in [-0.2, 0) is 10.0 Å². The van der Waals surface area contributed by atoms with Gasteiger partial charge in [-0.3, -0.25) is 4.79 Å². The lowest BCUT2D eigenvalue weighted by atomic mass is 10.1. The van der Waals surface area contributed by atoms with E-state index in [1.807, 2.05) is 5.38 Å². The fraction of sp³-hybridized carbons (Fsp3) is 0.333. The second-order valence-electron chi connectivity index (χ2n) is 6.10. The zero-order valence-electron chi connectivity index (χ0n) is 14.5. The second kappa shape index (κ2) is 8.11. The van der Waals surface area contributed by atoms with E-state index < -0.39 is 10.0 Å². The van der Waals surface area contributed by atoms with Crippen molar-refractivity contribution in [3.63, 3.8) is 0 Å². The molecular weight excluding hydrogens is 370 g/mol. The third-order valence-corrected chi connectivity index (χ3v) is 7.08. The Morgan fingerprint density at radius 1 is 1.12 bits per heavy atom. The average Bonchev–Trinajstić information content (AvgIpc) is 3.21. The molecule has 6 nitrogen and oxygen atoms in total. The monoisotopic (exact) mass is 391 g/mol. The highest BCUT2D eigenvalue weighted by Crippen LogP contribution is 2.21. The summed E-state index contributed by atoms with van der Waals surface area (Å²) in [6.45, 7) is 2.93. The van der Waals surface area contributed by atoms with Crippen LogP contribution >= 0.6 is 11.3 Å². The number of rotatable bonds is 5. The maximum absolute atomic E-state index is 12.7. The molecule has 0 atom stereocenters. The molecule has 1 fully saturated rings. The predicted octanol–water partition coefficient (Wildman–Crippen LogP) is 3.08. The minimum absolute atomic E-state index is 0.261. The number of amides is 1. The minimum Gasteiger partial charge on any atom is -0.266 e. The van der Waals surface area contributed by atoms with E-state index in [-0.39, 0.29) is 5.91 Å². The Labute approximate surface area is 157 Å². The number of nitrogens with one attached hydrogen (secondary N) is 1. The van der Waals surface area contributed by atoms with Crippen molar-refractivity contribution < 1.29 is 13.2 Å². The van der Waals surface area contributed by atoms with Crippen molar-refractivity contribution in [2.75, 3.05) is 13.1 Å². The van der Waals surface area contributed by atoms with Crippen LogP contribution in [0.1, 0.15) is 41.4 Å². The highest BCUT2D eigenvalue weighted by atomic mass is 32.2. The molecule has 1 N–H and O–H groups in total. The zero-order chi connectivity index (χ0) is 18.6. The Morgan fingerprint density at radius 3 is 2.42 bits per heavy atom. The zero-order valence-corrected chi connectivity index (χ0v) is 16.1. The van der Waals surface area contributed by atoms with Gasteiger partial charge in [0, 0.05) is 13.1 Å². The number of carbonyl (C=O) groups is 1. The first-order valence-corrected chi connectivity index (χ1v) is 10.8. The van der Waals surface area contributed by atoms with E-state index in [1.165, 1.54) is 11.3 Å². The molecule has 0 spiro atoms. The standard InChI is InChI=1S/C18H21N3O3S2/c1-14(19-20-18(22)17-6-5-13-25-17)15-7-9-16(10-8-15)26(23,24)21-11-3-2-4-12-21/h5-10,13H,2-4,11-12H2,1H3,(H,20,22)/b19-14-. The van der Waals surface area contributed by atoms with Crippen molar-refractivity contribution in [2.24, 2.45) is 5.10 Å². The lowest BCUT2D eigenvalue weighted by Crippen LogP contribution is -2.35. The number of nitrogens with zero attached hydrogens (tertiary/aromatic N) is 2. The first-order valence-electron chi connectivity index (χ1n) is 8.47. The first-order chi connectivity index (χ1) is 12.5. The summed E-state index contributed by atoms with van der Waals surface area (Å²) in [5, 5.41) is 5.92. The van der Waals surface area contributed by atoms with Gasteiger partial charge in [-0.15, -0.1) is 11.3 Å². The second-order valence-corrected chi connectivity index (χ2v) is 8.99. The Kier molecular flexibility index (Phi) is 5.85. The molecule has 138 valence electrons. The normalized spacial score (nSPS) is 16.4. The average molecular weight is 392 g/mol. The van der Waals surface area contributed by atoms with Crippen LogP contribution in [0.4, 0.5) is 0 Å². The molecule has 1 aromatic carbocycles. The number of hydrogen-bond acceptors (Lipinski definition) is 5. The summed E-state index contributed by atoms with van der Waals surface area (Å²) in [6, 6.07) is 10.2. The van der Waals surface area contributed by atoms with E-state index in [9.17, 15) is 13.2 Å². The van der Waals surface area contributed by atoms with E-state index in [0.29, 0.717) is 28.6 Å². The van der Waals surface area contributed by atoms with Crippen molar-refractivity contribution in [1.82, 2.24) is 9.73 Å². The summed E-state index contributed by atoms with van der Waals surface area (Å²) in [4.78, 5) is 12.8. The molecule has 1 aliphatic rings. The number of carbonyl (C=O) groups excluding carboxylic acids is 1. The van der Waals surface area contributed by atoms with Crippen molar-refractivity contribution in [1.29, 1.82) is 0 Å². The Morgan fingerprint density at radius 2 is 1.81 bits per heavy atom. The molecular formula is C18H21N3O3S2. The van der Waals surface area contributed by atoms with Crippen LogP contribution in [0.25, 0.3) is 0 Å².